The highest BCUT2D eigenvalue weighted by atomic mass is 16.5. The van der Waals surface area contributed by atoms with E-state index in [-0.39, 0.29) is 11.9 Å². The number of hydrogen-bond acceptors (Lipinski definition) is 7. The fourth-order valence-electron chi connectivity index (χ4n) is 1.88. The number of hydrogen-bond donors (Lipinski definition) is 4. The molecule has 1 aromatic heterocycles. The third kappa shape index (κ3) is 4.25. The lowest BCUT2D eigenvalue weighted by Crippen LogP contribution is -2.30. The van der Waals surface area contributed by atoms with Gasteiger partial charge in [-0.05, 0) is 37.6 Å². The van der Waals surface area contributed by atoms with Gasteiger partial charge in [0.2, 0.25) is 0 Å². The van der Waals surface area contributed by atoms with Gasteiger partial charge < -0.3 is 15.8 Å². The Morgan fingerprint density at radius 1 is 1.25 bits per heavy atom. The molecule has 1 aromatic carbocycles. The fraction of sp³-hybridized carbons (Fsp3) is 0.312. The molecule has 8 nitrogen and oxygen atoms in total. The second-order valence-corrected chi connectivity index (χ2v) is 5.25. The highest BCUT2D eigenvalue weighted by Gasteiger charge is 2.11. The van der Waals surface area contributed by atoms with Crippen LogP contribution in [-0.2, 0) is 0 Å². The van der Waals surface area contributed by atoms with Gasteiger partial charge in [0.15, 0.2) is 11.6 Å². The lowest BCUT2D eigenvalue weighted by Gasteiger charge is -2.16. The summed E-state index contributed by atoms with van der Waals surface area (Å²) in [4.78, 5) is 20.3. The van der Waals surface area contributed by atoms with Crippen LogP contribution in [0.3, 0.4) is 0 Å². The number of nitrogen functional groups attached to an aromatic ring is 1. The number of benzene rings is 1. The van der Waals surface area contributed by atoms with E-state index in [1.807, 2.05) is 6.92 Å². The molecular weight excluding hydrogens is 308 g/mol. The fourth-order valence-corrected chi connectivity index (χ4v) is 1.88. The van der Waals surface area contributed by atoms with Crippen molar-refractivity contribution >= 4 is 23.2 Å². The maximum atomic E-state index is 12.1. The summed E-state index contributed by atoms with van der Waals surface area (Å²) in [5.41, 5.74) is 12.1. The molecule has 24 heavy (non-hydrogen) atoms. The summed E-state index contributed by atoms with van der Waals surface area (Å²) < 4.78 is 5.06. The van der Waals surface area contributed by atoms with Crippen molar-refractivity contribution in [2.24, 2.45) is 0 Å². The third-order valence-corrected chi connectivity index (χ3v) is 3.53. The van der Waals surface area contributed by atoms with Crippen LogP contribution < -0.4 is 26.6 Å². The molecule has 1 atom stereocenters. The van der Waals surface area contributed by atoms with Gasteiger partial charge in [0.1, 0.15) is 17.8 Å². The highest BCUT2D eigenvalue weighted by Crippen LogP contribution is 2.22. The lowest BCUT2D eigenvalue weighted by atomic mass is 10.2. The highest BCUT2D eigenvalue weighted by molar-refractivity contribution is 5.95. The van der Waals surface area contributed by atoms with Crippen LogP contribution >= 0.6 is 0 Å². The molecule has 1 unspecified atom stereocenters. The number of ether oxygens (including phenoxy) is 1. The van der Waals surface area contributed by atoms with Crippen molar-refractivity contribution in [3.8, 4) is 5.75 Å². The monoisotopic (exact) mass is 330 g/mol. The van der Waals surface area contributed by atoms with Crippen LogP contribution in [0.2, 0.25) is 0 Å². The molecular formula is C16H22N6O2. The van der Waals surface area contributed by atoms with E-state index in [1.165, 1.54) is 6.33 Å². The van der Waals surface area contributed by atoms with E-state index in [0.29, 0.717) is 28.6 Å². The first kappa shape index (κ1) is 17.3. The zero-order valence-corrected chi connectivity index (χ0v) is 14.0. The molecule has 1 heterocycles. The van der Waals surface area contributed by atoms with Crippen LogP contribution in [0.25, 0.3) is 0 Å². The Kier molecular flexibility index (Phi) is 5.78. The van der Waals surface area contributed by atoms with E-state index in [4.69, 9.17) is 10.5 Å². The van der Waals surface area contributed by atoms with Gasteiger partial charge in [-0.2, -0.15) is 0 Å². The number of hydrazine groups is 1. The average Bonchev–Trinajstić information content (AvgIpc) is 2.62. The molecule has 128 valence electrons. The van der Waals surface area contributed by atoms with Crippen LogP contribution in [0.5, 0.6) is 5.75 Å². The average molecular weight is 330 g/mol. The Morgan fingerprint density at radius 3 is 2.54 bits per heavy atom. The largest absolute Gasteiger partial charge is 0.497 e. The van der Waals surface area contributed by atoms with Gasteiger partial charge in [-0.15, -0.1) is 0 Å². The van der Waals surface area contributed by atoms with Crippen molar-refractivity contribution in [1.82, 2.24) is 15.4 Å². The van der Waals surface area contributed by atoms with Gasteiger partial charge >= 0.3 is 0 Å². The van der Waals surface area contributed by atoms with Gasteiger partial charge in [0, 0.05) is 11.6 Å². The van der Waals surface area contributed by atoms with Crippen molar-refractivity contribution in [2.45, 2.75) is 26.3 Å². The number of carbonyl (C=O) groups excluding carboxylic acids is 1. The predicted molar refractivity (Wildman–Crippen MR) is 93.9 cm³/mol. The number of rotatable bonds is 7. The number of anilines is 3. The second kappa shape index (κ2) is 8.00. The van der Waals surface area contributed by atoms with Crippen LogP contribution in [0.15, 0.2) is 30.6 Å². The number of aromatic nitrogens is 2. The molecule has 0 spiro atoms. The molecule has 1 amide bonds. The van der Waals surface area contributed by atoms with Gasteiger partial charge in [0.25, 0.3) is 5.91 Å². The Labute approximate surface area is 140 Å². The molecule has 0 radical (unpaired) electrons. The summed E-state index contributed by atoms with van der Waals surface area (Å²) >= 11 is 0. The number of nitrogens with zero attached hydrogens (tertiary/aromatic N) is 2. The molecule has 2 rings (SSSR count). The minimum absolute atomic E-state index is 0.226. The van der Waals surface area contributed by atoms with E-state index in [9.17, 15) is 4.79 Å². The summed E-state index contributed by atoms with van der Waals surface area (Å²) in [6.45, 7) is 4.09. The Morgan fingerprint density at radius 2 is 1.92 bits per heavy atom. The molecule has 0 aliphatic heterocycles. The van der Waals surface area contributed by atoms with Crippen LogP contribution in [-0.4, -0.2) is 29.0 Å². The third-order valence-electron chi connectivity index (χ3n) is 3.53. The van der Waals surface area contributed by atoms with E-state index < -0.39 is 0 Å². The van der Waals surface area contributed by atoms with Gasteiger partial charge in [-0.3, -0.25) is 15.6 Å². The molecule has 8 heteroatoms. The molecule has 0 saturated heterocycles. The maximum Gasteiger partial charge on any atom is 0.269 e. The van der Waals surface area contributed by atoms with Crippen molar-refractivity contribution < 1.29 is 9.53 Å². The number of nitrogens with one attached hydrogen (secondary N) is 3. The van der Waals surface area contributed by atoms with Gasteiger partial charge in [0.05, 0.1) is 7.11 Å². The van der Waals surface area contributed by atoms with Crippen molar-refractivity contribution in [2.75, 3.05) is 23.6 Å². The topological polar surface area (TPSA) is 114 Å². The van der Waals surface area contributed by atoms with Crippen molar-refractivity contribution in [3.63, 3.8) is 0 Å². The molecule has 0 aliphatic carbocycles. The quantitative estimate of drug-likeness (QED) is 0.574. The zero-order chi connectivity index (χ0) is 17.5. The number of methoxy groups -OCH3 is 1. The number of amides is 1. The summed E-state index contributed by atoms with van der Waals surface area (Å²) in [6, 6.07) is 6.97. The van der Waals surface area contributed by atoms with E-state index >= 15 is 0 Å². The molecule has 0 saturated carbocycles. The smallest absolute Gasteiger partial charge is 0.269 e. The van der Waals surface area contributed by atoms with Gasteiger partial charge in [-0.25, -0.2) is 9.97 Å². The molecule has 0 aliphatic rings. The Hall–Kier alpha value is -3.03. The summed E-state index contributed by atoms with van der Waals surface area (Å²) in [5.74, 6) is 1.23. The first-order chi connectivity index (χ1) is 11.5. The molecule has 0 fully saturated rings. The first-order valence-corrected chi connectivity index (χ1v) is 7.62. The summed E-state index contributed by atoms with van der Waals surface area (Å²) in [6.07, 6.45) is 2.31. The molecule has 0 bridgehead atoms. The van der Waals surface area contributed by atoms with Crippen LogP contribution in [0.4, 0.5) is 17.3 Å². The minimum atomic E-state index is -0.313. The Balaban J connectivity index is 2.02. The Bertz CT molecular complexity index is 689. The van der Waals surface area contributed by atoms with Crippen molar-refractivity contribution in [3.05, 3.63) is 36.2 Å². The molecule has 2 aromatic rings. The van der Waals surface area contributed by atoms with E-state index in [0.717, 1.165) is 6.42 Å². The van der Waals surface area contributed by atoms with Crippen LogP contribution in [0, 0.1) is 0 Å². The summed E-state index contributed by atoms with van der Waals surface area (Å²) in [5, 5.41) is 3.19. The van der Waals surface area contributed by atoms with Gasteiger partial charge in [-0.1, -0.05) is 6.92 Å². The maximum absolute atomic E-state index is 12.1. The lowest BCUT2D eigenvalue weighted by molar-refractivity contribution is 0.0962. The summed E-state index contributed by atoms with van der Waals surface area (Å²) in [7, 11) is 1.57. The second-order valence-electron chi connectivity index (χ2n) is 5.25. The SMILES string of the molecule is CCC(C)Nc1ncnc(NNC(=O)c2ccc(OC)cc2)c1N. The standard InChI is InChI=1S/C16H22N6O2/c1-4-10(2)20-14-13(17)15(19-9-18-14)21-22-16(23)11-5-7-12(24-3)8-6-11/h5-10H,4,17H2,1-3H3,(H,22,23)(H2,18,19,20,21). The number of carbonyl (C=O) groups is 1. The van der Waals surface area contributed by atoms with Crippen LogP contribution in [0.1, 0.15) is 30.6 Å². The van der Waals surface area contributed by atoms with Crippen molar-refractivity contribution in [1.29, 1.82) is 0 Å². The molecule has 5 N–H and O–H groups in total. The predicted octanol–water partition coefficient (Wildman–Crippen LogP) is 2.03. The number of nitrogens with two attached hydrogens (primary N) is 1. The normalized spacial score (nSPS) is 11.5. The van der Waals surface area contributed by atoms with E-state index in [2.05, 4.69) is 33.1 Å². The minimum Gasteiger partial charge on any atom is -0.497 e. The zero-order valence-electron chi connectivity index (χ0n) is 14.0. The van der Waals surface area contributed by atoms with E-state index in [1.54, 1.807) is 31.4 Å². The first-order valence-electron chi connectivity index (χ1n) is 7.62.